The van der Waals surface area contributed by atoms with Crippen molar-refractivity contribution < 1.29 is 14.3 Å². The van der Waals surface area contributed by atoms with Crippen LogP contribution in [0, 0.1) is 5.92 Å². The molecule has 0 aliphatic rings. The average molecular weight is 299 g/mol. The van der Waals surface area contributed by atoms with E-state index in [2.05, 4.69) is 5.16 Å². The van der Waals surface area contributed by atoms with Crippen LogP contribution >= 0.6 is 0 Å². The molecule has 0 N–H and O–H groups in total. The Kier molecular flexibility index (Phi) is 6.30. The van der Waals surface area contributed by atoms with Gasteiger partial charge in [-0.2, -0.15) is 0 Å². The molecule has 0 heterocycles. The van der Waals surface area contributed by atoms with E-state index in [-0.39, 0.29) is 0 Å². The molecule has 0 bridgehead atoms. The summed E-state index contributed by atoms with van der Waals surface area (Å²) in [6, 6.07) is 17.2. The highest BCUT2D eigenvalue weighted by Crippen LogP contribution is 2.24. The molecule has 0 saturated carbocycles. The standard InChI is InChI=1S/C18H21NO3/c1-15(2)14-19-21-12-11-20-17-9-6-10-18(13-17)22-16-7-4-3-5-8-16/h3-10,13-15H,11-12H2,1-2H3. The fourth-order valence-corrected chi connectivity index (χ4v) is 1.67. The third-order valence-electron chi connectivity index (χ3n) is 2.66. The monoisotopic (exact) mass is 299 g/mol. The summed E-state index contributed by atoms with van der Waals surface area (Å²) in [7, 11) is 0. The lowest BCUT2D eigenvalue weighted by atomic mass is 10.3. The van der Waals surface area contributed by atoms with Gasteiger partial charge in [0.15, 0.2) is 6.61 Å². The van der Waals surface area contributed by atoms with Crippen LogP contribution in [-0.2, 0) is 4.84 Å². The number of hydrogen-bond donors (Lipinski definition) is 0. The number of oxime groups is 1. The van der Waals surface area contributed by atoms with Gasteiger partial charge in [0.25, 0.3) is 0 Å². The Labute approximate surface area is 131 Å². The van der Waals surface area contributed by atoms with Gasteiger partial charge in [0.05, 0.1) is 0 Å². The maximum Gasteiger partial charge on any atom is 0.151 e. The van der Waals surface area contributed by atoms with Gasteiger partial charge in [-0.3, -0.25) is 0 Å². The van der Waals surface area contributed by atoms with E-state index >= 15 is 0 Å². The first-order chi connectivity index (χ1) is 10.7. The summed E-state index contributed by atoms with van der Waals surface area (Å²) in [6.45, 7) is 4.93. The number of nitrogens with zero attached hydrogens (tertiary/aromatic N) is 1. The van der Waals surface area contributed by atoms with E-state index in [4.69, 9.17) is 14.3 Å². The van der Waals surface area contributed by atoms with Crippen LogP contribution in [0.25, 0.3) is 0 Å². The summed E-state index contributed by atoms with van der Waals surface area (Å²) in [5, 5.41) is 3.85. The Hall–Kier alpha value is -2.49. The van der Waals surface area contributed by atoms with Gasteiger partial charge in [0, 0.05) is 12.3 Å². The van der Waals surface area contributed by atoms with Crippen molar-refractivity contribution in [3.63, 3.8) is 0 Å². The Balaban J connectivity index is 1.79. The third-order valence-corrected chi connectivity index (χ3v) is 2.66. The molecule has 2 rings (SSSR count). The van der Waals surface area contributed by atoms with Crippen LogP contribution < -0.4 is 9.47 Å². The van der Waals surface area contributed by atoms with Crippen molar-refractivity contribution in [1.29, 1.82) is 0 Å². The molecule has 0 aliphatic heterocycles. The zero-order valence-corrected chi connectivity index (χ0v) is 12.9. The van der Waals surface area contributed by atoms with Crippen LogP contribution in [0.4, 0.5) is 0 Å². The summed E-state index contributed by atoms with van der Waals surface area (Å²) in [5.41, 5.74) is 0. The minimum absolute atomic E-state index is 0.382. The molecule has 0 atom stereocenters. The highest BCUT2D eigenvalue weighted by molar-refractivity contribution is 5.58. The average Bonchev–Trinajstić information content (AvgIpc) is 2.52. The van der Waals surface area contributed by atoms with Gasteiger partial charge < -0.3 is 14.3 Å². The van der Waals surface area contributed by atoms with Crippen molar-refractivity contribution in [2.75, 3.05) is 13.2 Å². The fraction of sp³-hybridized carbons (Fsp3) is 0.278. The third kappa shape index (κ3) is 5.87. The predicted octanol–water partition coefficient (Wildman–Crippen LogP) is 4.52. The van der Waals surface area contributed by atoms with Gasteiger partial charge in [-0.15, -0.1) is 0 Å². The van der Waals surface area contributed by atoms with Crippen molar-refractivity contribution in [2.24, 2.45) is 11.1 Å². The van der Waals surface area contributed by atoms with Gasteiger partial charge >= 0.3 is 0 Å². The van der Waals surface area contributed by atoms with E-state index in [1.54, 1.807) is 6.21 Å². The molecule has 0 unspecified atom stereocenters. The lowest BCUT2D eigenvalue weighted by Gasteiger charge is -2.09. The zero-order valence-electron chi connectivity index (χ0n) is 12.9. The number of hydrogen-bond acceptors (Lipinski definition) is 4. The van der Waals surface area contributed by atoms with Gasteiger partial charge in [-0.05, 0) is 30.2 Å². The molecule has 0 aromatic heterocycles. The van der Waals surface area contributed by atoms with Crippen LogP contribution in [0.5, 0.6) is 17.2 Å². The second-order valence-corrected chi connectivity index (χ2v) is 5.07. The largest absolute Gasteiger partial charge is 0.490 e. The molecule has 0 radical (unpaired) electrons. The molecule has 0 saturated heterocycles. The normalized spacial score (nSPS) is 10.9. The summed E-state index contributed by atoms with van der Waals surface area (Å²) < 4.78 is 11.4. The summed E-state index contributed by atoms with van der Waals surface area (Å²) in [5.74, 6) is 2.66. The molecule has 4 nitrogen and oxygen atoms in total. The van der Waals surface area contributed by atoms with Gasteiger partial charge in [0.2, 0.25) is 0 Å². The highest BCUT2D eigenvalue weighted by Gasteiger charge is 2.00. The topological polar surface area (TPSA) is 40.0 Å². The van der Waals surface area contributed by atoms with Crippen LogP contribution in [-0.4, -0.2) is 19.4 Å². The Morgan fingerprint density at radius 3 is 2.41 bits per heavy atom. The summed E-state index contributed by atoms with van der Waals surface area (Å²) >= 11 is 0. The maximum atomic E-state index is 5.76. The first kappa shape index (κ1) is 15.9. The number of benzene rings is 2. The zero-order chi connectivity index (χ0) is 15.6. The van der Waals surface area contributed by atoms with Crippen LogP contribution in [0.15, 0.2) is 59.8 Å². The highest BCUT2D eigenvalue weighted by atomic mass is 16.6. The fourth-order valence-electron chi connectivity index (χ4n) is 1.67. The summed E-state index contributed by atoms with van der Waals surface area (Å²) in [6.07, 6.45) is 1.76. The molecule has 2 aromatic rings. The first-order valence-electron chi connectivity index (χ1n) is 7.35. The Morgan fingerprint density at radius 2 is 1.64 bits per heavy atom. The molecule has 22 heavy (non-hydrogen) atoms. The first-order valence-corrected chi connectivity index (χ1v) is 7.35. The van der Waals surface area contributed by atoms with Gasteiger partial charge in [-0.25, -0.2) is 0 Å². The second-order valence-electron chi connectivity index (χ2n) is 5.07. The molecular formula is C18H21NO3. The van der Waals surface area contributed by atoms with Gasteiger partial charge in [-0.1, -0.05) is 43.3 Å². The Bertz CT molecular complexity index is 582. The van der Waals surface area contributed by atoms with Crippen LogP contribution in [0.1, 0.15) is 13.8 Å². The van der Waals surface area contributed by atoms with E-state index in [0.717, 1.165) is 17.2 Å². The van der Waals surface area contributed by atoms with Crippen molar-refractivity contribution in [1.82, 2.24) is 0 Å². The molecule has 0 spiro atoms. The molecule has 0 aliphatic carbocycles. The van der Waals surface area contributed by atoms with Crippen LogP contribution in [0.2, 0.25) is 0 Å². The van der Waals surface area contributed by atoms with E-state index in [1.807, 2.05) is 68.4 Å². The maximum absolute atomic E-state index is 5.76. The quantitative estimate of drug-likeness (QED) is 0.409. The molecule has 2 aromatic carbocycles. The minimum atomic E-state index is 0.382. The summed E-state index contributed by atoms with van der Waals surface area (Å²) in [4.78, 5) is 5.11. The van der Waals surface area contributed by atoms with E-state index < -0.39 is 0 Å². The number of para-hydroxylation sites is 1. The van der Waals surface area contributed by atoms with Crippen molar-refractivity contribution in [3.05, 3.63) is 54.6 Å². The van der Waals surface area contributed by atoms with Crippen molar-refractivity contribution >= 4 is 6.21 Å². The number of rotatable bonds is 8. The molecular weight excluding hydrogens is 278 g/mol. The Morgan fingerprint density at radius 1 is 0.909 bits per heavy atom. The molecule has 0 amide bonds. The molecule has 4 heteroatoms. The molecule has 0 fully saturated rings. The van der Waals surface area contributed by atoms with Crippen LogP contribution in [0.3, 0.4) is 0 Å². The second kappa shape index (κ2) is 8.72. The van der Waals surface area contributed by atoms with E-state index in [1.165, 1.54) is 0 Å². The minimum Gasteiger partial charge on any atom is -0.490 e. The lowest BCUT2D eigenvalue weighted by Crippen LogP contribution is -2.04. The smallest absolute Gasteiger partial charge is 0.151 e. The van der Waals surface area contributed by atoms with Gasteiger partial charge in [0.1, 0.15) is 23.9 Å². The molecule has 116 valence electrons. The SMILES string of the molecule is CC(C)C=NOCCOc1cccc(Oc2ccccc2)c1. The van der Waals surface area contributed by atoms with Crippen molar-refractivity contribution in [2.45, 2.75) is 13.8 Å². The lowest BCUT2D eigenvalue weighted by molar-refractivity contribution is 0.107. The number of ether oxygens (including phenoxy) is 2. The van der Waals surface area contributed by atoms with E-state index in [9.17, 15) is 0 Å². The van der Waals surface area contributed by atoms with E-state index in [0.29, 0.717) is 19.1 Å². The predicted molar refractivity (Wildman–Crippen MR) is 87.7 cm³/mol. The van der Waals surface area contributed by atoms with Crippen molar-refractivity contribution in [3.8, 4) is 17.2 Å².